The van der Waals surface area contributed by atoms with E-state index < -0.39 is 0 Å². The molecule has 0 spiro atoms. The zero-order chi connectivity index (χ0) is 11.7. The third-order valence-corrected chi connectivity index (χ3v) is 4.14. The SMILES string of the molecule is O=C(c1ccccc1)C1CC2CCCC(C1)N2. The molecule has 2 heteroatoms. The van der Waals surface area contributed by atoms with Crippen LogP contribution in [0.4, 0.5) is 0 Å². The number of rotatable bonds is 2. The van der Waals surface area contributed by atoms with Gasteiger partial charge >= 0.3 is 0 Å². The van der Waals surface area contributed by atoms with Crippen molar-refractivity contribution in [2.24, 2.45) is 5.92 Å². The highest BCUT2D eigenvalue weighted by molar-refractivity contribution is 5.97. The van der Waals surface area contributed by atoms with Crippen molar-refractivity contribution in [1.82, 2.24) is 5.32 Å². The summed E-state index contributed by atoms with van der Waals surface area (Å²) in [5, 5.41) is 3.64. The maximum Gasteiger partial charge on any atom is 0.166 e. The van der Waals surface area contributed by atoms with Gasteiger partial charge in [-0.15, -0.1) is 0 Å². The topological polar surface area (TPSA) is 29.1 Å². The number of hydrogen-bond donors (Lipinski definition) is 1. The minimum Gasteiger partial charge on any atom is -0.311 e. The Hall–Kier alpha value is -1.15. The van der Waals surface area contributed by atoms with Gasteiger partial charge in [0, 0.05) is 23.6 Å². The predicted octanol–water partition coefficient (Wildman–Crippen LogP) is 2.79. The Kier molecular flexibility index (Phi) is 2.98. The molecule has 2 heterocycles. The van der Waals surface area contributed by atoms with Crippen LogP contribution in [-0.4, -0.2) is 17.9 Å². The monoisotopic (exact) mass is 229 g/mol. The number of carbonyl (C=O) groups excluding carboxylic acids is 1. The molecule has 2 aliphatic heterocycles. The smallest absolute Gasteiger partial charge is 0.166 e. The lowest BCUT2D eigenvalue weighted by Crippen LogP contribution is -2.50. The van der Waals surface area contributed by atoms with Crippen LogP contribution in [0.2, 0.25) is 0 Å². The van der Waals surface area contributed by atoms with Crippen LogP contribution in [0.5, 0.6) is 0 Å². The zero-order valence-corrected chi connectivity index (χ0v) is 10.1. The van der Waals surface area contributed by atoms with Gasteiger partial charge in [0.1, 0.15) is 0 Å². The van der Waals surface area contributed by atoms with Gasteiger partial charge in [-0.3, -0.25) is 4.79 Å². The molecule has 1 aromatic carbocycles. The second-order valence-corrected chi connectivity index (χ2v) is 5.39. The third kappa shape index (κ3) is 2.27. The van der Waals surface area contributed by atoms with E-state index in [0.717, 1.165) is 18.4 Å². The summed E-state index contributed by atoms with van der Waals surface area (Å²) in [5.74, 6) is 0.595. The van der Waals surface area contributed by atoms with Gasteiger partial charge in [-0.25, -0.2) is 0 Å². The van der Waals surface area contributed by atoms with E-state index >= 15 is 0 Å². The minimum atomic E-state index is 0.244. The maximum absolute atomic E-state index is 12.4. The summed E-state index contributed by atoms with van der Waals surface area (Å²) in [6.45, 7) is 0. The van der Waals surface area contributed by atoms with Crippen molar-refractivity contribution in [3.8, 4) is 0 Å². The number of Topliss-reactive ketones (excluding diaryl/α,β-unsaturated/α-hetero) is 1. The van der Waals surface area contributed by atoms with Gasteiger partial charge in [0.25, 0.3) is 0 Å². The third-order valence-electron chi connectivity index (χ3n) is 4.14. The van der Waals surface area contributed by atoms with E-state index in [0.29, 0.717) is 17.9 Å². The van der Waals surface area contributed by atoms with Crippen molar-refractivity contribution < 1.29 is 4.79 Å². The molecule has 0 aromatic heterocycles. The maximum atomic E-state index is 12.4. The Labute approximate surface area is 102 Å². The lowest BCUT2D eigenvalue weighted by molar-refractivity contribution is 0.0825. The quantitative estimate of drug-likeness (QED) is 0.790. The van der Waals surface area contributed by atoms with Crippen molar-refractivity contribution >= 4 is 5.78 Å². The number of benzene rings is 1. The highest BCUT2D eigenvalue weighted by Gasteiger charge is 2.34. The van der Waals surface area contributed by atoms with E-state index in [4.69, 9.17) is 0 Å². The largest absolute Gasteiger partial charge is 0.311 e. The van der Waals surface area contributed by atoms with Crippen LogP contribution in [0.25, 0.3) is 0 Å². The number of nitrogens with one attached hydrogen (secondary N) is 1. The van der Waals surface area contributed by atoms with E-state index in [1.807, 2.05) is 30.3 Å². The van der Waals surface area contributed by atoms with Gasteiger partial charge < -0.3 is 5.32 Å². The van der Waals surface area contributed by atoms with Crippen molar-refractivity contribution in [3.63, 3.8) is 0 Å². The Bertz CT molecular complexity index is 389. The first kappa shape index (κ1) is 11.0. The molecule has 2 aliphatic rings. The molecule has 0 aliphatic carbocycles. The molecule has 2 fully saturated rings. The van der Waals surface area contributed by atoms with E-state index in [9.17, 15) is 4.79 Å². The molecule has 1 N–H and O–H groups in total. The molecule has 17 heavy (non-hydrogen) atoms. The average Bonchev–Trinajstić information content (AvgIpc) is 2.38. The van der Waals surface area contributed by atoms with Gasteiger partial charge in [-0.2, -0.15) is 0 Å². The molecule has 1 aromatic rings. The minimum absolute atomic E-state index is 0.244. The highest BCUT2D eigenvalue weighted by atomic mass is 16.1. The molecule has 0 amide bonds. The molecule has 2 bridgehead atoms. The summed E-state index contributed by atoms with van der Waals surface area (Å²) in [6, 6.07) is 10.9. The molecule has 0 radical (unpaired) electrons. The van der Waals surface area contributed by atoms with Crippen LogP contribution in [0.3, 0.4) is 0 Å². The summed E-state index contributed by atoms with van der Waals surface area (Å²) in [4.78, 5) is 12.4. The lowest BCUT2D eigenvalue weighted by atomic mass is 9.77. The van der Waals surface area contributed by atoms with Crippen molar-refractivity contribution in [1.29, 1.82) is 0 Å². The molecule has 2 nitrogen and oxygen atoms in total. The molecular formula is C15H19NO. The molecule has 90 valence electrons. The Morgan fingerprint density at radius 2 is 1.71 bits per heavy atom. The number of carbonyl (C=O) groups is 1. The van der Waals surface area contributed by atoms with Crippen molar-refractivity contribution in [2.75, 3.05) is 0 Å². The average molecular weight is 229 g/mol. The fraction of sp³-hybridized carbons (Fsp3) is 0.533. The van der Waals surface area contributed by atoms with Crippen LogP contribution >= 0.6 is 0 Å². The van der Waals surface area contributed by atoms with Gasteiger partial charge in [-0.05, 0) is 25.7 Å². The van der Waals surface area contributed by atoms with E-state index in [2.05, 4.69) is 5.32 Å². The molecule has 0 saturated carbocycles. The first-order chi connectivity index (χ1) is 8.33. The Morgan fingerprint density at radius 1 is 1.06 bits per heavy atom. The van der Waals surface area contributed by atoms with Crippen LogP contribution < -0.4 is 5.32 Å². The van der Waals surface area contributed by atoms with Crippen LogP contribution in [0.15, 0.2) is 30.3 Å². The first-order valence-electron chi connectivity index (χ1n) is 6.68. The number of piperidine rings is 2. The van der Waals surface area contributed by atoms with Gasteiger partial charge in [0.05, 0.1) is 0 Å². The standard InChI is InChI=1S/C15H19NO/c17-15(11-5-2-1-3-6-11)12-9-13-7-4-8-14(10-12)16-13/h1-3,5-6,12-14,16H,4,7-10H2. The van der Waals surface area contributed by atoms with Gasteiger partial charge in [-0.1, -0.05) is 36.8 Å². The number of ketones is 1. The van der Waals surface area contributed by atoms with Gasteiger partial charge in [0.2, 0.25) is 0 Å². The van der Waals surface area contributed by atoms with Crippen LogP contribution in [0.1, 0.15) is 42.5 Å². The summed E-state index contributed by atoms with van der Waals surface area (Å²) in [7, 11) is 0. The van der Waals surface area contributed by atoms with Crippen LogP contribution in [-0.2, 0) is 0 Å². The first-order valence-corrected chi connectivity index (χ1v) is 6.68. The second kappa shape index (κ2) is 4.61. The van der Waals surface area contributed by atoms with E-state index in [1.165, 1.54) is 19.3 Å². The highest BCUT2D eigenvalue weighted by Crippen LogP contribution is 2.31. The summed E-state index contributed by atoms with van der Waals surface area (Å²) in [6.07, 6.45) is 5.88. The van der Waals surface area contributed by atoms with E-state index in [1.54, 1.807) is 0 Å². The molecule has 2 atom stereocenters. The fourth-order valence-corrected chi connectivity index (χ4v) is 3.32. The fourth-order valence-electron chi connectivity index (χ4n) is 3.32. The lowest BCUT2D eigenvalue weighted by Gasteiger charge is -2.39. The molecule has 3 rings (SSSR count). The van der Waals surface area contributed by atoms with E-state index in [-0.39, 0.29) is 5.92 Å². The van der Waals surface area contributed by atoms with Crippen molar-refractivity contribution in [3.05, 3.63) is 35.9 Å². The van der Waals surface area contributed by atoms with Crippen molar-refractivity contribution in [2.45, 2.75) is 44.2 Å². The summed E-state index contributed by atoms with van der Waals surface area (Å²) >= 11 is 0. The second-order valence-electron chi connectivity index (χ2n) is 5.39. The van der Waals surface area contributed by atoms with Gasteiger partial charge in [0.15, 0.2) is 5.78 Å². The molecule has 2 saturated heterocycles. The Balaban J connectivity index is 1.74. The zero-order valence-electron chi connectivity index (χ0n) is 10.1. The normalized spacial score (nSPS) is 32.1. The number of fused-ring (bicyclic) bond motifs is 2. The summed E-state index contributed by atoms with van der Waals surface area (Å²) in [5.41, 5.74) is 0.887. The van der Waals surface area contributed by atoms with Crippen LogP contribution in [0, 0.1) is 5.92 Å². The Morgan fingerprint density at radius 3 is 2.35 bits per heavy atom. The predicted molar refractivity (Wildman–Crippen MR) is 68.1 cm³/mol. The number of hydrogen-bond acceptors (Lipinski definition) is 2. The summed E-state index contributed by atoms with van der Waals surface area (Å²) < 4.78 is 0. The molecule has 2 unspecified atom stereocenters. The molecular weight excluding hydrogens is 210 g/mol.